The van der Waals surface area contributed by atoms with Crippen LogP contribution in [0.1, 0.15) is 17.2 Å². The van der Waals surface area contributed by atoms with E-state index in [9.17, 15) is 8.78 Å². The highest BCUT2D eigenvalue weighted by Gasteiger charge is 2.19. The van der Waals surface area contributed by atoms with Crippen LogP contribution in [-0.2, 0) is 6.42 Å². The summed E-state index contributed by atoms with van der Waals surface area (Å²) in [4.78, 5) is 0. The van der Waals surface area contributed by atoms with Gasteiger partial charge in [0, 0.05) is 20.6 Å². The van der Waals surface area contributed by atoms with Gasteiger partial charge in [0.1, 0.15) is 11.6 Å². The van der Waals surface area contributed by atoms with Gasteiger partial charge in [0.05, 0.1) is 0 Å². The third-order valence-electron chi connectivity index (χ3n) is 3.14. The number of hydrogen-bond donors (Lipinski definition) is 1. The van der Waals surface area contributed by atoms with Crippen LogP contribution in [-0.4, -0.2) is 7.05 Å². The third-order valence-corrected chi connectivity index (χ3v) is 4.32. The van der Waals surface area contributed by atoms with Crippen molar-refractivity contribution in [2.75, 3.05) is 7.05 Å². The van der Waals surface area contributed by atoms with Crippen molar-refractivity contribution in [3.05, 3.63) is 68.1 Å². The van der Waals surface area contributed by atoms with Gasteiger partial charge in [-0.1, -0.05) is 44.0 Å². The smallest absolute Gasteiger partial charge is 0.129 e. The van der Waals surface area contributed by atoms with E-state index in [1.165, 1.54) is 12.1 Å². The maximum Gasteiger partial charge on any atom is 0.129 e. The SMILES string of the molecule is CNC(Cc1ccc(Br)cc1F)c1c(F)cccc1Br. The van der Waals surface area contributed by atoms with Crippen LogP contribution >= 0.6 is 31.9 Å². The van der Waals surface area contributed by atoms with Gasteiger partial charge in [0.15, 0.2) is 0 Å². The second-order valence-electron chi connectivity index (χ2n) is 4.42. The van der Waals surface area contributed by atoms with Crippen LogP contribution in [0.3, 0.4) is 0 Å². The lowest BCUT2D eigenvalue weighted by atomic mass is 9.98. The van der Waals surface area contributed by atoms with E-state index in [1.807, 2.05) is 0 Å². The summed E-state index contributed by atoms with van der Waals surface area (Å²) in [5, 5.41) is 3.04. The predicted molar refractivity (Wildman–Crippen MR) is 83.7 cm³/mol. The third kappa shape index (κ3) is 3.45. The molecule has 0 aliphatic rings. The first-order chi connectivity index (χ1) is 9.52. The molecule has 0 aliphatic heterocycles. The Labute approximate surface area is 133 Å². The van der Waals surface area contributed by atoms with Gasteiger partial charge in [0.25, 0.3) is 0 Å². The first-order valence-corrected chi connectivity index (χ1v) is 7.66. The van der Waals surface area contributed by atoms with Gasteiger partial charge in [0.2, 0.25) is 0 Å². The summed E-state index contributed by atoms with van der Waals surface area (Å²) in [6.45, 7) is 0. The lowest BCUT2D eigenvalue weighted by molar-refractivity contribution is 0.517. The van der Waals surface area contributed by atoms with Crippen molar-refractivity contribution in [3.63, 3.8) is 0 Å². The van der Waals surface area contributed by atoms with Crippen molar-refractivity contribution in [1.29, 1.82) is 0 Å². The summed E-state index contributed by atoms with van der Waals surface area (Å²) >= 11 is 6.58. The Morgan fingerprint density at radius 2 is 1.85 bits per heavy atom. The molecule has 0 bridgehead atoms. The quantitative estimate of drug-likeness (QED) is 0.756. The minimum Gasteiger partial charge on any atom is -0.313 e. The van der Waals surface area contributed by atoms with E-state index in [0.717, 1.165) is 0 Å². The molecule has 0 radical (unpaired) electrons. The molecule has 0 heterocycles. The molecule has 1 nitrogen and oxygen atoms in total. The van der Waals surface area contributed by atoms with Crippen molar-refractivity contribution in [1.82, 2.24) is 5.32 Å². The van der Waals surface area contributed by atoms with E-state index in [2.05, 4.69) is 37.2 Å². The fourth-order valence-electron chi connectivity index (χ4n) is 2.10. The van der Waals surface area contributed by atoms with Crippen molar-refractivity contribution < 1.29 is 8.78 Å². The highest BCUT2D eigenvalue weighted by molar-refractivity contribution is 9.10. The topological polar surface area (TPSA) is 12.0 Å². The van der Waals surface area contributed by atoms with Crippen LogP contribution in [0.4, 0.5) is 8.78 Å². The zero-order chi connectivity index (χ0) is 14.7. The Balaban J connectivity index is 2.34. The second kappa shape index (κ2) is 6.78. The van der Waals surface area contributed by atoms with E-state index in [0.29, 0.717) is 26.5 Å². The zero-order valence-corrected chi connectivity index (χ0v) is 13.9. The van der Waals surface area contributed by atoms with Crippen molar-refractivity contribution in [3.8, 4) is 0 Å². The van der Waals surface area contributed by atoms with E-state index < -0.39 is 0 Å². The zero-order valence-electron chi connectivity index (χ0n) is 10.8. The van der Waals surface area contributed by atoms with E-state index in [4.69, 9.17) is 0 Å². The van der Waals surface area contributed by atoms with Crippen LogP contribution in [0.15, 0.2) is 45.3 Å². The molecular weight excluding hydrogens is 392 g/mol. The molecule has 0 fully saturated rings. The summed E-state index contributed by atoms with van der Waals surface area (Å²) in [6, 6.07) is 9.42. The number of nitrogens with one attached hydrogen (secondary N) is 1. The predicted octanol–water partition coefficient (Wildman–Crippen LogP) is 4.99. The first kappa shape index (κ1) is 15.6. The second-order valence-corrected chi connectivity index (χ2v) is 6.19. The highest BCUT2D eigenvalue weighted by atomic mass is 79.9. The van der Waals surface area contributed by atoms with E-state index in [1.54, 1.807) is 31.3 Å². The van der Waals surface area contributed by atoms with Gasteiger partial charge in [-0.05, 0) is 43.3 Å². The Morgan fingerprint density at radius 3 is 2.45 bits per heavy atom. The first-order valence-electron chi connectivity index (χ1n) is 6.08. The summed E-state index contributed by atoms with van der Waals surface area (Å²) in [5.74, 6) is -0.608. The molecule has 2 rings (SSSR count). The average Bonchev–Trinajstić information content (AvgIpc) is 2.39. The van der Waals surface area contributed by atoms with E-state index >= 15 is 0 Å². The minimum atomic E-state index is -0.309. The maximum atomic E-state index is 14.0. The Hall–Kier alpha value is -0.780. The van der Waals surface area contributed by atoms with Crippen LogP contribution in [0.25, 0.3) is 0 Å². The molecule has 5 heteroatoms. The molecule has 0 aromatic heterocycles. The maximum absolute atomic E-state index is 14.0. The lowest BCUT2D eigenvalue weighted by Crippen LogP contribution is -2.21. The summed E-state index contributed by atoms with van der Waals surface area (Å²) in [6.07, 6.45) is 0.370. The highest BCUT2D eigenvalue weighted by Crippen LogP contribution is 2.29. The van der Waals surface area contributed by atoms with Crippen LogP contribution < -0.4 is 5.32 Å². The van der Waals surface area contributed by atoms with Crippen LogP contribution in [0.2, 0.25) is 0 Å². The molecule has 0 saturated heterocycles. The average molecular weight is 405 g/mol. The Kier molecular flexibility index (Phi) is 5.29. The molecule has 0 amide bonds. The van der Waals surface area contributed by atoms with Crippen LogP contribution in [0.5, 0.6) is 0 Å². The largest absolute Gasteiger partial charge is 0.313 e. The Bertz CT molecular complexity index is 597. The fraction of sp³-hybridized carbons (Fsp3) is 0.200. The summed E-state index contributed by atoms with van der Waals surface area (Å²) < 4.78 is 29.2. The number of likely N-dealkylation sites (N-methyl/N-ethyl adjacent to an activating group) is 1. The van der Waals surface area contributed by atoms with Gasteiger partial charge in [-0.2, -0.15) is 0 Å². The fourth-order valence-corrected chi connectivity index (χ4v) is 3.05. The Morgan fingerprint density at radius 1 is 1.10 bits per heavy atom. The number of benzene rings is 2. The molecule has 106 valence electrons. The van der Waals surface area contributed by atoms with Crippen molar-refractivity contribution in [2.24, 2.45) is 0 Å². The van der Waals surface area contributed by atoms with Crippen LogP contribution in [0, 0.1) is 11.6 Å². The number of hydrogen-bond acceptors (Lipinski definition) is 1. The molecule has 1 N–H and O–H groups in total. The molecule has 2 aromatic rings. The molecule has 0 saturated carbocycles. The van der Waals surface area contributed by atoms with Gasteiger partial charge >= 0.3 is 0 Å². The number of rotatable bonds is 4. The van der Waals surface area contributed by atoms with Gasteiger partial charge in [-0.3, -0.25) is 0 Å². The normalized spacial score (nSPS) is 12.4. The van der Waals surface area contributed by atoms with Crippen molar-refractivity contribution in [2.45, 2.75) is 12.5 Å². The minimum absolute atomic E-state index is 0.299. The summed E-state index contributed by atoms with van der Waals surface area (Å²) in [7, 11) is 1.74. The monoisotopic (exact) mass is 403 g/mol. The lowest BCUT2D eigenvalue weighted by Gasteiger charge is -2.19. The van der Waals surface area contributed by atoms with Gasteiger partial charge < -0.3 is 5.32 Å². The molecule has 0 aliphatic carbocycles. The molecule has 2 aromatic carbocycles. The molecule has 1 atom stereocenters. The molecule has 20 heavy (non-hydrogen) atoms. The standard InChI is InChI=1S/C15H13Br2F2N/c1-20-14(15-11(17)3-2-4-12(15)18)7-9-5-6-10(16)8-13(9)19/h2-6,8,14,20H,7H2,1H3. The molecular formula is C15H13Br2F2N. The van der Waals surface area contributed by atoms with Gasteiger partial charge in [-0.25, -0.2) is 8.78 Å². The van der Waals surface area contributed by atoms with E-state index in [-0.39, 0.29) is 17.7 Å². The van der Waals surface area contributed by atoms with Gasteiger partial charge in [-0.15, -0.1) is 0 Å². The number of halogens is 4. The molecule has 1 unspecified atom stereocenters. The van der Waals surface area contributed by atoms with Crippen molar-refractivity contribution >= 4 is 31.9 Å². The molecule has 0 spiro atoms. The summed E-state index contributed by atoms with van der Waals surface area (Å²) in [5.41, 5.74) is 1.06.